The van der Waals surface area contributed by atoms with Crippen LogP contribution in [0.25, 0.3) is 22.3 Å². The third-order valence-electron chi connectivity index (χ3n) is 5.63. The van der Waals surface area contributed by atoms with Crippen LogP contribution >= 0.6 is 11.6 Å². The second-order valence-corrected chi connectivity index (χ2v) is 8.34. The first-order chi connectivity index (χ1) is 15.2. The van der Waals surface area contributed by atoms with Crippen molar-refractivity contribution < 1.29 is 4.74 Å². The van der Waals surface area contributed by atoms with Gasteiger partial charge in [-0.2, -0.15) is 0 Å². The van der Waals surface area contributed by atoms with Gasteiger partial charge in [0.1, 0.15) is 11.6 Å². The molecule has 0 spiro atoms. The van der Waals surface area contributed by atoms with E-state index in [1.807, 2.05) is 55.5 Å². The largest absolute Gasteiger partial charge is 0.490 e. The van der Waals surface area contributed by atoms with Gasteiger partial charge in [-0.05, 0) is 80.6 Å². The highest BCUT2D eigenvalue weighted by Crippen LogP contribution is 2.32. The van der Waals surface area contributed by atoms with Gasteiger partial charge in [0.15, 0.2) is 5.82 Å². The highest BCUT2D eigenvalue weighted by Gasteiger charge is 2.18. The van der Waals surface area contributed by atoms with Gasteiger partial charge >= 0.3 is 0 Å². The van der Waals surface area contributed by atoms with E-state index in [0.717, 1.165) is 46.3 Å². The molecule has 2 aromatic carbocycles. The molecular weight excluding hydrogens is 408 g/mol. The summed E-state index contributed by atoms with van der Waals surface area (Å²) < 4.78 is 6.22. The Bertz CT molecular complexity index is 1220. The van der Waals surface area contributed by atoms with E-state index >= 15 is 0 Å². The zero-order valence-electron chi connectivity index (χ0n) is 17.3. The Morgan fingerprint density at radius 1 is 1.03 bits per heavy atom. The van der Waals surface area contributed by atoms with E-state index in [1.54, 1.807) is 12.4 Å². The number of rotatable bonds is 5. The molecule has 0 bridgehead atoms. The lowest BCUT2D eigenvalue weighted by Gasteiger charge is -2.15. The molecule has 0 atom stereocenters. The molecule has 5 rings (SSSR count). The molecular formula is C25H23ClN4O. The molecule has 1 aliphatic carbocycles. The molecule has 156 valence electrons. The summed E-state index contributed by atoms with van der Waals surface area (Å²) in [6.45, 7) is 1.99. The fraction of sp³-hybridized carbons (Fsp3) is 0.240. The molecule has 4 aromatic rings. The summed E-state index contributed by atoms with van der Waals surface area (Å²) in [5, 5.41) is 5.05. The minimum atomic E-state index is 0.292. The fourth-order valence-corrected chi connectivity index (χ4v) is 4.09. The van der Waals surface area contributed by atoms with Gasteiger partial charge in [-0.3, -0.25) is 4.98 Å². The molecule has 2 heterocycles. The summed E-state index contributed by atoms with van der Waals surface area (Å²) in [6, 6.07) is 15.8. The monoisotopic (exact) mass is 430 g/mol. The Labute approximate surface area is 186 Å². The van der Waals surface area contributed by atoms with Crippen LogP contribution in [-0.2, 0) is 0 Å². The van der Waals surface area contributed by atoms with Crippen molar-refractivity contribution in [3.63, 3.8) is 0 Å². The molecule has 1 N–H and O–H groups in total. The molecule has 1 saturated carbocycles. The highest BCUT2D eigenvalue weighted by atomic mass is 35.5. The standard InChI is InChI=1S/C25H23ClN4O/c1-16-8-9-18(13-22(16)26)28-25-21-14-20(31-19-6-2-3-7-19)10-11-23(21)29-24(30-25)17-5-4-12-27-15-17/h4-5,8-15,19H,2-3,6-7H2,1H3,(H,28,29,30). The number of anilines is 2. The Hall–Kier alpha value is -3.18. The minimum Gasteiger partial charge on any atom is -0.490 e. The quantitative estimate of drug-likeness (QED) is 0.381. The number of nitrogens with zero attached hydrogens (tertiary/aromatic N) is 3. The fourth-order valence-electron chi connectivity index (χ4n) is 3.91. The van der Waals surface area contributed by atoms with Gasteiger partial charge in [-0.15, -0.1) is 0 Å². The zero-order valence-corrected chi connectivity index (χ0v) is 18.1. The van der Waals surface area contributed by atoms with Crippen LogP contribution in [0.4, 0.5) is 11.5 Å². The first kappa shape index (κ1) is 19.8. The third-order valence-corrected chi connectivity index (χ3v) is 6.03. The number of nitrogens with one attached hydrogen (secondary N) is 1. The molecule has 5 nitrogen and oxygen atoms in total. The smallest absolute Gasteiger partial charge is 0.163 e. The van der Waals surface area contributed by atoms with Gasteiger partial charge in [0, 0.05) is 34.1 Å². The van der Waals surface area contributed by atoms with Crippen LogP contribution in [0.3, 0.4) is 0 Å². The number of benzene rings is 2. The maximum Gasteiger partial charge on any atom is 0.163 e. The molecule has 0 saturated heterocycles. The van der Waals surface area contributed by atoms with Crippen molar-refractivity contribution in [1.82, 2.24) is 15.0 Å². The van der Waals surface area contributed by atoms with Crippen LogP contribution in [0.15, 0.2) is 60.9 Å². The highest BCUT2D eigenvalue weighted by molar-refractivity contribution is 6.31. The van der Waals surface area contributed by atoms with Crippen molar-refractivity contribution in [3.05, 3.63) is 71.5 Å². The summed E-state index contributed by atoms with van der Waals surface area (Å²) in [4.78, 5) is 13.8. The van der Waals surface area contributed by atoms with Crippen molar-refractivity contribution >= 4 is 34.0 Å². The van der Waals surface area contributed by atoms with Crippen molar-refractivity contribution in [2.24, 2.45) is 0 Å². The summed E-state index contributed by atoms with van der Waals surface area (Å²) in [5.74, 6) is 2.17. The second-order valence-electron chi connectivity index (χ2n) is 7.93. The van der Waals surface area contributed by atoms with E-state index in [4.69, 9.17) is 26.3 Å². The van der Waals surface area contributed by atoms with Gasteiger partial charge in [0.25, 0.3) is 0 Å². The number of hydrogen-bond acceptors (Lipinski definition) is 5. The number of hydrogen-bond donors (Lipinski definition) is 1. The van der Waals surface area contributed by atoms with Gasteiger partial charge in [-0.25, -0.2) is 9.97 Å². The molecule has 1 fully saturated rings. The Balaban J connectivity index is 1.59. The van der Waals surface area contributed by atoms with Crippen molar-refractivity contribution in [1.29, 1.82) is 0 Å². The van der Waals surface area contributed by atoms with E-state index in [0.29, 0.717) is 22.8 Å². The summed E-state index contributed by atoms with van der Waals surface area (Å²) >= 11 is 6.34. The van der Waals surface area contributed by atoms with Gasteiger partial charge in [-0.1, -0.05) is 17.7 Å². The number of pyridine rings is 1. The summed E-state index contributed by atoms with van der Waals surface area (Å²) in [7, 11) is 0. The maximum atomic E-state index is 6.34. The average Bonchev–Trinajstić information content (AvgIpc) is 3.30. The van der Waals surface area contributed by atoms with Crippen LogP contribution in [-0.4, -0.2) is 21.1 Å². The van der Waals surface area contributed by atoms with Crippen molar-refractivity contribution in [2.45, 2.75) is 38.7 Å². The predicted molar refractivity (Wildman–Crippen MR) is 125 cm³/mol. The van der Waals surface area contributed by atoms with E-state index in [-0.39, 0.29) is 0 Å². The van der Waals surface area contributed by atoms with Crippen LogP contribution in [0, 0.1) is 6.92 Å². The summed E-state index contributed by atoms with van der Waals surface area (Å²) in [6.07, 6.45) is 8.49. The van der Waals surface area contributed by atoms with E-state index in [9.17, 15) is 0 Å². The Kier molecular flexibility index (Phi) is 5.43. The topological polar surface area (TPSA) is 59.9 Å². The number of halogens is 1. The summed E-state index contributed by atoms with van der Waals surface area (Å²) in [5.41, 5.74) is 3.60. The Morgan fingerprint density at radius 2 is 1.90 bits per heavy atom. The molecule has 31 heavy (non-hydrogen) atoms. The molecule has 1 aliphatic rings. The zero-order chi connectivity index (χ0) is 21.2. The van der Waals surface area contributed by atoms with Crippen molar-refractivity contribution in [2.75, 3.05) is 5.32 Å². The van der Waals surface area contributed by atoms with E-state index in [1.165, 1.54) is 12.8 Å². The SMILES string of the molecule is Cc1ccc(Nc2nc(-c3cccnc3)nc3ccc(OC4CCCC4)cc23)cc1Cl. The first-order valence-corrected chi connectivity index (χ1v) is 11.0. The first-order valence-electron chi connectivity index (χ1n) is 10.6. The van der Waals surface area contributed by atoms with E-state index < -0.39 is 0 Å². The van der Waals surface area contributed by atoms with Crippen molar-refractivity contribution in [3.8, 4) is 17.1 Å². The molecule has 2 aromatic heterocycles. The van der Waals surface area contributed by atoms with Crippen LogP contribution in [0.5, 0.6) is 5.75 Å². The van der Waals surface area contributed by atoms with Gasteiger partial charge in [0.2, 0.25) is 0 Å². The lowest BCUT2D eigenvalue weighted by molar-refractivity contribution is 0.210. The van der Waals surface area contributed by atoms with Crippen LogP contribution in [0.2, 0.25) is 5.02 Å². The number of ether oxygens (including phenoxy) is 1. The number of aryl methyl sites for hydroxylation is 1. The predicted octanol–water partition coefficient (Wildman–Crippen LogP) is 6.72. The number of fused-ring (bicyclic) bond motifs is 1. The van der Waals surface area contributed by atoms with Gasteiger partial charge in [0.05, 0.1) is 11.6 Å². The maximum absolute atomic E-state index is 6.34. The second kappa shape index (κ2) is 8.52. The van der Waals surface area contributed by atoms with E-state index in [2.05, 4.69) is 10.3 Å². The molecule has 0 unspecified atom stereocenters. The average molecular weight is 431 g/mol. The normalized spacial score (nSPS) is 14.1. The Morgan fingerprint density at radius 3 is 2.68 bits per heavy atom. The minimum absolute atomic E-state index is 0.292. The molecule has 0 amide bonds. The van der Waals surface area contributed by atoms with Crippen LogP contribution in [0.1, 0.15) is 31.2 Å². The lowest BCUT2D eigenvalue weighted by Crippen LogP contribution is -2.10. The number of aromatic nitrogens is 3. The van der Waals surface area contributed by atoms with Crippen LogP contribution < -0.4 is 10.1 Å². The molecule has 0 radical (unpaired) electrons. The lowest BCUT2D eigenvalue weighted by atomic mass is 10.1. The third kappa shape index (κ3) is 4.32. The van der Waals surface area contributed by atoms with Gasteiger partial charge < -0.3 is 10.1 Å². The molecule has 0 aliphatic heterocycles. The molecule has 6 heteroatoms.